The number of anilines is 1. The van der Waals surface area contributed by atoms with Gasteiger partial charge < -0.3 is 14.8 Å². The predicted molar refractivity (Wildman–Crippen MR) is 115 cm³/mol. The second-order valence-corrected chi connectivity index (χ2v) is 8.24. The molecule has 0 spiro atoms. The molecule has 1 aliphatic heterocycles. The van der Waals surface area contributed by atoms with E-state index in [1.54, 1.807) is 36.4 Å². The molecule has 0 aromatic heterocycles. The summed E-state index contributed by atoms with van der Waals surface area (Å²) in [5.74, 6) is 0.492. The van der Waals surface area contributed by atoms with Crippen LogP contribution >= 0.6 is 0 Å². The van der Waals surface area contributed by atoms with Gasteiger partial charge in [-0.3, -0.25) is 14.5 Å². The van der Waals surface area contributed by atoms with Crippen LogP contribution in [0.4, 0.5) is 5.69 Å². The van der Waals surface area contributed by atoms with E-state index < -0.39 is 15.9 Å². The molecule has 9 heteroatoms. The van der Waals surface area contributed by atoms with E-state index >= 15 is 0 Å². The number of amides is 1. The number of hydrogen-bond acceptors (Lipinski definition) is 6. The molecule has 0 saturated carbocycles. The van der Waals surface area contributed by atoms with E-state index in [1.807, 2.05) is 6.92 Å². The Hall–Kier alpha value is -2.91. The molecule has 8 nitrogen and oxygen atoms in total. The molecule has 2 N–H and O–H groups in total. The van der Waals surface area contributed by atoms with Gasteiger partial charge in [-0.05, 0) is 43.7 Å². The lowest BCUT2D eigenvalue weighted by Gasteiger charge is -2.13. The van der Waals surface area contributed by atoms with Crippen LogP contribution in [0.1, 0.15) is 30.1 Å². The van der Waals surface area contributed by atoms with E-state index in [0.29, 0.717) is 55.6 Å². The maximum atomic E-state index is 12.8. The fraction of sp³-hybridized carbons (Fsp3) is 0.333. The molecular formula is C21H25N3O5S. The van der Waals surface area contributed by atoms with Crippen LogP contribution in [0, 0.1) is 0 Å². The molecule has 0 saturated heterocycles. The lowest BCUT2D eigenvalue weighted by Crippen LogP contribution is -2.29. The summed E-state index contributed by atoms with van der Waals surface area (Å²) in [6, 6.07) is 12.9. The Morgan fingerprint density at radius 1 is 1.13 bits per heavy atom. The number of ether oxygens (including phenoxy) is 2. The van der Waals surface area contributed by atoms with Crippen LogP contribution < -0.4 is 14.8 Å². The van der Waals surface area contributed by atoms with Gasteiger partial charge in [0.25, 0.3) is 15.9 Å². The maximum Gasteiger partial charge on any atom is 0.262 e. The number of sulfonamides is 1. The van der Waals surface area contributed by atoms with Crippen molar-refractivity contribution in [3.63, 3.8) is 0 Å². The van der Waals surface area contributed by atoms with Crippen LogP contribution in [0.15, 0.2) is 58.4 Å². The van der Waals surface area contributed by atoms with Crippen molar-refractivity contribution in [3.8, 4) is 5.75 Å². The van der Waals surface area contributed by atoms with Crippen LogP contribution in [0.2, 0.25) is 0 Å². The highest BCUT2D eigenvalue weighted by molar-refractivity contribution is 7.90. The van der Waals surface area contributed by atoms with E-state index in [1.165, 1.54) is 12.1 Å². The number of amidine groups is 1. The first-order chi connectivity index (χ1) is 14.5. The first-order valence-corrected chi connectivity index (χ1v) is 11.2. The molecule has 3 rings (SSSR count). The third kappa shape index (κ3) is 5.80. The molecule has 2 aromatic carbocycles. The number of carbonyl (C=O) groups excluding carboxylic acids is 1. The number of nitrogens with one attached hydrogen (secondary N) is 2. The second-order valence-electron chi connectivity index (χ2n) is 6.56. The van der Waals surface area contributed by atoms with Crippen LogP contribution in [0.3, 0.4) is 0 Å². The molecule has 0 unspecified atom stereocenters. The average molecular weight is 432 g/mol. The monoisotopic (exact) mass is 431 g/mol. The second kappa shape index (κ2) is 10.2. The highest BCUT2D eigenvalue weighted by atomic mass is 32.2. The van der Waals surface area contributed by atoms with Gasteiger partial charge in [-0.1, -0.05) is 18.2 Å². The summed E-state index contributed by atoms with van der Waals surface area (Å²) in [7, 11) is -3.76. The summed E-state index contributed by atoms with van der Waals surface area (Å²) in [5.41, 5.74) is 0.709. The van der Waals surface area contributed by atoms with Gasteiger partial charge in [0.2, 0.25) is 0 Å². The van der Waals surface area contributed by atoms with Gasteiger partial charge in [-0.2, -0.15) is 0 Å². The average Bonchev–Trinajstić information content (AvgIpc) is 3.24. The van der Waals surface area contributed by atoms with Crippen molar-refractivity contribution in [1.82, 2.24) is 4.72 Å². The Bertz CT molecular complexity index is 1020. The first-order valence-electron chi connectivity index (χ1n) is 9.77. The van der Waals surface area contributed by atoms with E-state index in [0.717, 1.165) is 6.42 Å². The number of benzene rings is 2. The molecule has 160 valence electrons. The molecule has 1 aliphatic rings. The maximum absolute atomic E-state index is 12.8. The minimum atomic E-state index is -3.76. The minimum Gasteiger partial charge on any atom is -0.490 e. The van der Waals surface area contributed by atoms with Gasteiger partial charge in [-0.25, -0.2) is 8.42 Å². The standard InChI is InChI=1S/C21H25N3O5S/c1-2-28-13-14-29-19-10-4-3-9-18(19)21(25)23-16-7-5-8-17(15-16)30(26,27)24-20-11-6-12-22-20/h3-5,7-10,15H,2,6,11-14H2,1H3,(H,22,24)(H,23,25). The molecule has 1 amide bonds. The van der Waals surface area contributed by atoms with E-state index in [2.05, 4.69) is 15.0 Å². The van der Waals surface area contributed by atoms with Crippen LogP contribution in [0.5, 0.6) is 5.75 Å². The topological polar surface area (TPSA) is 106 Å². The van der Waals surface area contributed by atoms with Crippen molar-refractivity contribution in [3.05, 3.63) is 54.1 Å². The zero-order valence-corrected chi connectivity index (χ0v) is 17.6. The Balaban J connectivity index is 1.71. The zero-order valence-electron chi connectivity index (χ0n) is 16.8. The molecule has 0 bridgehead atoms. The van der Waals surface area contributed by atoms with Gasteiger partial charge in [0.05, 0.1) is 17.1 Å². The Labute approximate surface area is 176 Å². The summed E-state index contributed by atoms with van der Waals surface area (Å²) in [6.45, 7) is 3.85. The van der Waals surface area contributed by atoms with Crippen LogP contribution in [-0.2, 0) is 14.8 Å². The number of aliphatic imine (C=N–C) groups is 1. The third-order valence-corrected chi connectivity index (χ3v) is 5.73. The summed E-state index contributed by atoms with van der Waals surface area (Å²) in [4.78, 5) is 16.9. The summed E-state index contributed by atoms with van der Waals surface area (Å²) >= 11 is 0. The highest BCUT2D eigenvalue weighted by Crippen LogP contribution is 2.21. The van der Waals surface area contributed by atoms with Gasteiger partial charge in [0.15, 0.2) is 0 Å². The van der Waals surface area contributed by atoms with E-state index in [-0.39, 0.29) is 4.90 Å². The number of nitrogens with zero attached hydrogens (tertiary/aromatic N) is 1. The van der Waals surface area contributed by atoms with Gasteiger partial charge in [0.1, 0.15) is 18.2 Å². The first kappa shape index (κ1) is 21.8. The minimum absolute atomic E-state index is 0.0520. The van der Waals surface area contributed by atoms with E-state index in [4.69, 9.17) is 9.47 Å². The molecule has 2 aromatic rings. The van der Waals surface area contributed by atoms with Gasteiger partial charge in [0, 0.05) is 25.3 Å². The highest BCUT2D eigenvalue weighted by Gasteiger charge is 2.19. The number of para-hydroxylation sites is 1. The van der Waals surface area contributed by atoms with Crippen molar-refractivity contribution in [2.45, 2.75) is 24.7 Å². The van der Waals surface area contributed by atoms with Crippen molar-refractivity contribution in [1.29, 1.82) is 0 Å². The van der Waals surface area contributed by atoms with E-state index in [9.17, 15) is 13.2 Å². The zero-order chi connectivity index (χ0) is 21.4. The molecular weight excluding hydrogens is 406 g/mol. The van der Waals surface area contributed by atoms with Gasteiger partial charge >= 0.3 is 0 Å². The Morgan fingerprint density at radius 2 is 1.97 bits per heavy atom. The normalized spacial score (nSPS) is 13.6. The SMILES string of the molecule is CCOCCOc1ccccc1C(=O)Nc1cccc(S(=O)(=O)NC2=NCCC2)c1. The Morgan fingerprint density at radius 3 is 2.73 bits per heavy atom. The van der Waals surface area contributed by atoms with Crippen molar-refractivity contribution in [2.75, 3.05) is 31.7 Å². The lowest BCUT2D eigenvalue weighted by molar-refractivity contribution is 0.0998. The molecule has 0 fully saturated rings. The summed E-state index contributed by atoms with van der Waals surface area (Å²) in [6.07, 6.45) is 1.44. The largest absolute Gasteiger partial charge is 0.490 e. The molecule has 1 heterocycles. The fourth-order valence-electron chi connectivity index (χ4n) is 2.91. The van der Waals surface area contributed by atoms with Gasteiger partial charge in [-0.15, -0.1) is 0 Å². The van der Waals surface area contributed by atoms with Crippen molar-refractivity contribution < 1.29 is 22.7 Å². The molecule has 0 aliphatic carbocycles. The van der Waals surface area contributed by atoms with Crippen molar-refractivity contribution >= 4 is 27.5 Å². The number of hydrogen-bond donors (Lipinski definition) is 2. The van der Waals surface area contributed by atoms with Crippen LogP contribution in [-0.4, -0.2) is 46.5 Å². The number of rotatable bonds is 9. The Kier molecular flexibility index (Phi) is 7.42. The number of carbonyl (C=O) groups is 1. The third-order valence-electron chi connectivity index (χ3n) is 4.35. The van der Waals surface area contributed by atoms with Crippen molar-refractivity contribution in [2.24, 2.45) is 4.99 Å². The fourth-order valence-corrected chi connectivity index (χ4v) is 4.05. The molecule has 30 heavy (non-hydrogen) atoms. The molecule has 0 atom stereocenters. The summed E-state index contributed by atoms with van der Waals surface area (Å²) in [5, 5.41) is 2.73. The van der Waals surface area contributed by atoms with Crippen LogP contribution in [0.25, 0.3) is 0 Å². The summed E-state index contributed by atoms with van der Waals surface area (Å²) < 4.78 is 38.6. The lowest BCUT2D eigenvalue weighted by atomic mass is 10.2. The quantitative estimate of drug-likeness (QED) is 0.594. The predicted octanol–water partition coefficient (Wildman–Crippen LogP) is 2.82. The smallest absolute Gasteiger partial charge is 0.262 e. The molecule has 0 radical (unpaired) electrons.